The SMILES string of the molecule is O=CN1CC1.O=CN1CCC1.O=CN1CCCC1. The summed E-state index contributed by atoms with van der Waals surface area (Å²) in [4.78, 5) is 34.4. The lowest BCUT2D eigenvalue weighted by Gasteiger charge is -2.25. The van der Waals surface area contributed by atoms with Gasteiger partial charge in [-0.15, -0.1) is 0 Å². The van der Waals surface area contributed by atoms with E-state index >= 15 is 0 Å². The number of hydrogen-bond donors (Lipinski definition) is 0. The summed E-state index contributed by atoms with van der Waals surface area (Å²) in [6.07, 6.45) is 6.26. The van der Waals surface area contributed by atoms with Crippen molar-refractivity contribution >= 4 is 19.2 Å². The molecule has 0 radical (unpaired) electrons. The molecular formula is C12H21N3O3. The maximum absolute atomic E-state index is 9.93. The molecule has 0 atom stereocenters. The van der Waals surface area contributed by atoms with E-state index in [1.54, 1.807) is 14.7 Å². The van der Waals surface area contributed by atoms with Gasteiger partial charge in [-0.3, -0.25) is 14.4 Å². The second-order valence-corrected chi connectivity index (χ2v) is 4.48. The van der Waals surface area contributed by atoms with E-state index in [0.717, 1.165) is 58.5 Å². The van der Waals surface area contributed by atoms with Gasteiger partial charge in [-0.25, -0.2) is 0 Å². The molecule has 102 valence electrons. The first-order valence-corrected chi connectivity index (χ1v) is 6.38. The lowest BCUT2D eigenvalue weighted by molar-refractivity contribution is -0.121. The Morgan fingerprint density at radius 1 is 0.500 bits per heavy atom. The van der Waals surface area contributed by atoms with E-state index in [-0.39, 0.29) is 0 Å². The van der Waals surface area contributed by atoms with Crippen LogP contribution in [0.4, 0.5) is 0 Å². The van der Waals surface area contributed by atoms with E-state index in [0.29, 0.717) is 0 Å². The molecule has 0 unspecified atom stereocenters. The molecule has 0 saturated carbocycles. The average Bonchev–Trinajstić information content (AvgIpc) is 3.04. The Hall–Kier alpha value is -1.59. The first-order chi connectivity index (χ1) is 8.80. The first kappa shape index (κ1) is 14.5. The number of amides is 3. The molecule has 0 aliphatic carbocycles. The highest BCUT2D eigenvalue weighted by molar-refractivity contribution is 5.50. The van der Waals surface area contributed by atoms with Crippen LogP contribution >= 0.6 is 0 Å². The molecule has 0 aromatic heterocycles. The average molecular weight is 255 g/mol. The van der Waals surface area contributed by atoms with Crippen molar-refractivity contribution in [1.29, 1.82) is 0 Å². The molecule has 0 aromatic rings. The minimum atomic E-state index is 0.861. The zero-order chi connectivity index (χ0) is 13.2. The zero-order valence-electron chi connectivity index (χ0n) is 10.7. The molecule has 3 amide bonds. The molecular weight excluding hydrogens is 234 g/mol. The molecule has 0 spiro atoms. The molecule has 6 heteroatoms. The van der Waals surface area contributed by atoms with Crippen LogP contribution in [0.1, 0.15) is 19.3 Å². The molecule has 3 saturated heterocycles. The van der Waals surface area contributed by atoms with E-state index < -0.39 is 0 Å². The van der Waals surface area contributed by atoms with Gasteiger partial charge >= 0.3 is 0 Å². The zero-order valence-corrected chi connectivity index (χ0v) is 10.7. The number of hydrogen-bond acceptors (Lipinski definition) is 3. The Kier molecular flexibility index (Phi) is 6.83. The van der Waals surface area contributed by atoms with Crippen LogP contribution in [0.15, 0.2) is 0 Å². The van der Waals surface area contributed by atoms with Crippen LogP contribution in [0.3, 0.4) is 0 Å². The third-order valence-electron chi connectivity index (χ3n) is 2.96. The van der Waals surface area contributed by atoms with Gasteiger partial charge in [0.25, 0.3) is 0 Å². The summed E-state index contributed by atoms with van der Waals surface area (Å²) in [5.74, 6) is 0. The molecule has 3 fully saturated rings. The van der Waals surface area contributed by atoms with E-state index in [9.17, 15) is 14.4 Å². The van der Waals surface area contributed by atoms with Gasteiger partial charge in [-0.05, 0) is 19.3 Å². The Balaban J connectivity index is 0.000000137. The normalized spacial score (nSPS) is 19.7. The summed E-state index contributed by atoms with van der Waals surface area (Å²) < 4.78 is 0. The maximum atomic E-state index is 9.93. The molecule has 0 N–H and O–H groups in total. The van der Waals surface area contributed by atoms with Gasteiger partial charge in [-0.1, -0.05) is 0 Å². The number of likely N-dealkylation sites (tertiary alicyclic amines) is 2. The Bertz CT molecular complexity index is 259. The quantitative estimate of drug-likeness (QED) is 0.507. The highest BCUT2D eigenvalue weighted by Crippen LogP contribution is 2.02. The van der Waals surface area contributed by atoms with Crippen LogP contribution in [0, 0.1) is 0 Å². The standard InChI is InChI=1S/C5H9NO.C4H7NO.C3H5NO/c7-5-6-3-1-2-4-6;6-4-5-2-1-3-5;5-3-4-1-2-4/h5H,1-4H2;4H,1-3H2;3H,1-2H2. The first-order valence-electron chi connectivity index (χ1n) is 6.38. The monoisotopic (exact) mass is 255 g/mol. The number of carbonyl (C=O) groups excluding carboxylic acids is 3. The van der Waals surface area contributed by atoms with Crippen LogP contribution < -0.4 is 0 Å². The summed E-state index contributed by atoms with van der Waals surface area (Å²) in [5, 5.41) is 0. The summed E-state index contributed by atoms with van der Waals surface area (Å²) in [6.45, 7) is 5.85. The van der Waals surface area contributed by atoms with Crippen molar-refractivity contribution in [3.05, 3.63) is 0 Å². The number of nitrogens with zero attached hydrogens (tertiary/aromatic N) is 3. The van der Waals surface area contributed by atoms with Crippen LogP contribution in [0.2, 0.25) is 0 Å². The second kappa shape index (κ2) is 8.49. The van der Waals surface area contributed by atoms with Crippen molar-refractivity contribution in [1.82, 2.24) is 14.7 Å². The Morgan fingerprint density at radius 2 is 0.833 bits per heavy atom. The fourth-order valence-electron chi connectivity index (χ4n) is 1.46. The third kappa shape index (κ3) is 6.22. The van der Waals surface area contributed by atoms with Crippen molar-refractivity contribution in [3.63, 3.8) is 0 Å². The van der Waals surface area contributed by atoms with E-state index in [2.05, 4.69) is 0 Å². The van der Waals surface area contributed by atoms with Crippen molar-refractivity contribution in [2.45, 2.75) is 19.3 Å². The van der Waals surface area contributed by atoms with Crippen molar-refractivity contribution in [2.75, 3.05) is 39.3 Å². The molecule has 3 aliphatic heterocycles. The molecule has 0 aromatic carbocycles. The molecule has 0 bridgehead atoms. The smallest absolute Gasteiger partial charge is 0.209 e. The van der Waals surface area contributed by atoms with Gasteiger partial charge in [0.1, 0.15) is 0 Å². The molecule has 3 heterocycles. The van der Waals surface area contributed by atoms with E-state index in [4.69, 9.17) is 0 Å². The van der Waals surface area contributed by atoms with Gasteiger partial charge in [0.2, 0.25) is 19.2 Å². The molecule has 3 rings (SSSR count). The highest BCUT2D eigenvalue weighted by Gasteiger charge is 2.11. The van der Waals surface area contributed by atoms with Crippen LogP contribution in [-0.2, 0) is 14.4 Å². The number of rotatable bonds is 3. The van der Waals surface area contributed by atoms with Crippen LogP contribution in [-0.4, -0.2) is 73.2 Å². The predicted molar refractivity (Wildman–Crippen MR) is 66.8 cm³/mol. The summed E-state index contributed by atoms with van der Waals surface area (Å²) in [5.41, 5.74) is 0. The van der Waals surface area contributed by atoms with Crippen molar-refractivity contribution < 1.29 is 14.4 Å². The van der Waals surface area contributed by atoms with Gasteiger partial charge in [0, 0.05) is 39.3 Å². The Morgan fingerprint density at radius 3 is 0.944 bits per heavy atom. The fraction of sp³-hybridized carbons (Fsp3) is 0.750. The van der Waals surface area contributed by atoms with Gasteiger partial charge in [0.15, 0.2) is 0 Å². The minimum absolute atomic E-state index is 0.861. The van der Waals surface area contributed by atoms with E-state index in [1.165, 1.54) is 19.3 Å². The van der Waals surface area contributed by atoms with Gasteiger partial charge in [-0.2, -0.15) is 0 Å². The molecule has 6 nitrogen and oxygen atoms in total. The molecule has 18 heavy (non-hydrogen) atoms. The largest absolute Gasteiger partial charge is 0.345 e. The lowest BCUT2D eigenvalue weighted by Crippen LogP contribution is -2.35. The maximum Gasteiger partial charge on any atom is 0.209 e. The third-order valence-corrected chi connectivity index (χ3v) is 2.96. The Labute approximate surface area is 108 Å². The van der Waals surface area contributed by atoms with Crippen LogP contribution in [0.5, 0.6) is 0 Å². The molecule has 3 aliphatic rings. The summed E-state index contributed by atoms with van der Waals surface area (Å²) in [7, 11) is 0. The topological polar surface area (TPSA) is 60.7 Å². The summed E-state index contributed by atoms with van der Waals surface area (Å²) >= 11 is 0. The fourth-order valence-corrected chi connectivity index (χ4v) is 1.46. The highest BCUT2D eigenvalue weighted by atomic mass is 16.1. The second-order valence-electron chi connectivity index (χ2n) is 4.48. The minimum Gasteiger partial charge on any atom is -0.345 e. The van der Waals surface area contributed by atoms with Gasteiger partial charge < -0.3 is 14.7 Å². The van der Waals surface area contributed by atoms with Gasteiger partial charge in [0.05, 0.1) is 0 Å². The summed E-state index contributed by atoms with van der Waals surface area (Å²) in [6, 6.07) is 0. The van der Waals surface area contributed by atoms with Crippen molar-refractivity contribution in [3.8, 4) is 0 Å². The number of carbonyl (C=O) groups is 3. The van der Waals surface area contributed by atoms with Crippen molar-refractivity contribution in [2.24, 2.45) is 0 Å². The van der Waals surface area contributed by atoms with E-state index in [1.807, 2.05) is 0 Å². The van der Waals surface area contributed by atoms with Crippen LogP contribution in [0.25, 0.3) is 0 Å². The predicted octanol–water partition coefficient (Wildman–Crippen LogP) is -0.454. The lowest BCUT2D eigenvalue weighted by atomic mass is 10.2.